The molecule has 0 saturated heterocycles. The molecule has 0 saturated carbocycles. The van der Waals surface area contributed by atoms with Crippen LogP contribution in [0.1, 0.15) is 12.0 Å². The highest BCUT2D eigenvalue weighted by atomic mass is 32.2. The lowest BCUT2D eigenvalue weighted by molar-refractivity contribution is -0.0436. The van der Waals surface area contributed by atoms with Crippen LogP contribution >= 0.6 is 0 Å². The van der Waals surface area contributed by atoms with Gasteiger partial charge < -0.3 is 5.11 Å². The first-order valence-electron chi connectivity index (χ1n) is 4.80. The van der Waals surface area contributed by atoms with Gasteiger partial charge in [0, 0.05) is 6.61 Å². The van der Waals surface area contributed by atoms with Gasteiger partial charge in [0.05, 0.1) is 4.90 Å². The molecule has 0 bridgehead atoms. The number of alkyl halides is 3. The van der Waals surface area contributed by atoms with Gasteiger partial charge in [0.1, 0.15) is 0 Å². The smallest absolute Gasteiger partial charge is 0.396 e. The Balaban J connectivity index is 2.96. The zero-order valence-corrected chi connectivity index (χ0v) is 9.55. The van der Waals surface area contributed by atoms with E-state index in [0.29, 0.717) is 18.4 Å². The number of aryl methyl sites for hydroxylation is 1. The molecule has 0 spiro atoms. The Labute approximate surface area is 96.8 Å². The van der Waals surface area contributed by atoms with Crippen LogP contribution in [-0.4, -0.2) is 25.6 Å². The minimum Gasteiger partial charge on any atom is -0.396 e. The van der Waals surface area contributed by atoms with E-state index in [4.69, 9.17) is 5.11 Å². The average Bonchev–Trinajstić information content (AvgIpc) is 2.25. The van der Waals surface area contributed by atoms with Gasteiger partial charge in [-0.05, 0) is 30.5 Å². The largest absolute Gasteiger partial charge is 0.501 e. The quantitative estimate of drug-likeness (QED) is 0.907. The van der Waals surface area contributed by atoms with Crippen molar-refractivity contribution in [1.82, 2.24) is 0 Å². The summed E-state index contributed by atoms with van der Waals surface area (Å²) in [7, 11) is -5.26. The molecule has 0 amide bonds. The Kier molecular flexibility index (Phi) is 4.16. The Morgan fingerprint density at radius 2 is 1.65 bits per heavy atom. The molecule has 0 radical (unpaired) electrons. The molecule has 1 rings (SSSR count). The summed E-state index contributed by atoms with van der Waals surface area (Å²) in [5.41, 5.74) is -4.60. The molecular weight excluding hydrogens is 257 g/mol. The molecule has 0 aromatic heterocycles. The van der Waals surface area contributed by atoms with Crippen LogP contribution in [-0.2, 0) is 16.3 Å². The van der Waals surface area contributed by atoms with Crippen LogP contribution in [0.4, 0.5) is 13.2 Å². The molecule has 1 N–H and O–H groups in total. The maximum atomic E-state index is 12.2. The second-order valence-electron chi connectivity index (χ2n) is 3.42. The van der Waals surface area contributed by atoms with Gasteiger partial charge in [-0.15, -0.1) is 0 Å². The second-order valence-corrected chi connectivity index (χ2v) is 5.36. The number of hydrogen-bond acceptors (Lipinski definition) is 3. The number of sulfone groups is 1. The van der Waals surface area contributed by atoms with E-state index in [0.717, 1.165) is 12.1 Å². The van der Waals surface area contributed by atoms with E-state index in [1.807, 2.05) is 0 Å². The van der Waals surface area contributed by atoms with E-state index < -0.39 is 20.2 Å². The van der Waals surface area contributed by atoms with Gasteiger partial charge in [-0.3, -0.25) is 0 Å². The summed E-state index contributed by atoms with van der Waals surface area (Å²) in [5, 5.41) is 8.57. The molecule has 17 heavy (non-hydrogen) atoms. The molecule has 0 fully saturated rings. The van der Waals surface area contributed by atoms with Crippen molar-refractivity contribution in [1.29, 1.82) is 0 Å². The molecule has 0 aliphatic carbocycles. The van der Waals surface area contributed by atoms with Gasteiger partial charge in [-0.1, -0.05) is 12.1 Å². The summed E-state index contributed by atoms with van der Waals surface area (Å²) in [6.07, 6.45) is 0.966. The second kappa shape index (κ2) is 5.05. The fourth-order valence-corrected chi connectivity index (χ4v) is 2.01. The van der Waals surface area contributed by atoms with Crippen LogP contribution < -0.4 is 0 Å². The number of halogens is 3. The Hall–Kier alpha value is -1.08. The Morgan fingerprint density at radius 3 is 2.06 bits per heavy atom. The lowest BCUT2D eigenvalue weighted by atomic mass is 10.1. The van der Waals surface area contributed by atoms with Gasteiger partial charge >= 0.3 is 5.51 Å². The number of benzene rings is 1. The van der Waals surface area contributed by atoms with Gasteiger partial charge in [0.15, 0.2) is 0 Å². The summed E-state index contributed by atoms with van der Waals surface area (Å²) >= 11 is 0. The topological polar surface area (TPSA) is 54.4 Å². The highest BCUT2D eigenvalue weighted by Gasteiger charge is 2.46. The third-order valence-electron chi connectivity index (χ3n) is 2.16. The number of aliphatic hydroxyl groups excluding tert-OH is 1. The molecule has 0 atom stereocenters. The van der Waals surface area contributed by atoms with Crippen molar-refractivity contribution in [3.05, 3.63) is 29.8 Å². The first-order chi connectivity index (χ1) is 7.79. The van der Waals surface area contributed by atoms with Crippen LogP contribution in [0, 0.1) is 0 Å². The van der Waals surface area contributed by atoms with Crippen LogP contribution in [0.3, 0.4) is 0 Å². The third-order valence-corrected chi connectivity index (χ3v) is 3.66. The fraction of sp³-hybridized carbons (Fsp3) is 0.400. The SMILES string of the molecule is O=S(=O)(c1ccc(CCCO)cc1)C(F)(F)F. The maximum absolute atomic E-state index is 12.2. The van der Waals surface area contributed by atoms with Gasteiger partial charge in [-0.2, -0.15) is 13.2 Å². The normalized spacial score (nSPS) is 12.7. The first kappa shape index (κ1) is 14.0. The molecule has 0 unspecified atom stereocenters. The predicted octanol–water partition coefficient (Wildman–Crippen LogP) is 1.91. The summed E-state index contributed by atoms with van der Waals surface area (Å²) in [6.45, 7) is -0.0252. The van der Waals surface area contributed by atoms with Crippen LogP contribution in [0.15, 0.2) is 29.2 Å². The lowest BCUT2D eigenvalue weighted by Gasteiger charge is -2.08. The number of rotatable bonds is 4. The molecule has 3 nitrogen and oxygen atoms in total. The first-order valence-corrected chi connectivity index (χ1v) is 6.28. The highest BCUT2D eigenvalue weighted by molar-refractivity contribution is 7.92. The Morgan fingerprint density at radius 1 is 1.12 bits per heavy atom. The number of aliphatic hydroxyl groups is 1. The highest BCUT2D eigenvalue weighted by Crippen LogP contribution is 2.30. The summed E-state index contributed by atoms with van der Waals surface area (Å²) in [4.78, 5) is -0.766. The predicted molar refractivity (Wildman–Crippen MR) is 55.1 cm³/mol. The van der Waals surface area contributed by atoms with E-state index in [9.17, 15) is 21.6 Å². The molecule has 1 aromatic rings. The van der Waals surface area contributed by atoms with Crippen molar-refractivity contribution < 1.29 is 26.7 Å². The minimum absolute atomic E-state index is 0.0252. The van der Waals surface area contributed by atoms with Crippen molar-refractivity contribution in [2.45, 2.75) is 23.2 Å². The van der Waals surface area contributed by atoms with Crippen molar-refractivity contribution >= 4 is 9.84 Å². The molecule has 0 aliphatic rings. The van der Waals surface area contributed by atoms with Crippen LogP contribution in [0.2, 0.25) is 0 Å². The summed E-state index contributed by atoms with van der Waals surface area (Å²) in [6, 6.07) is 4.48. The summed E-state index contributed by atoms with van der Waals surface area (Å²) in [5.74, 6) is 0. The number of hydrogen-bond donors (Lipinski definition) is 1. The van der Waals surface area contributed by atoms with Crippen LogP contribution in [0.25, 0.3) is 0 Å². The molecule has 0 heterocycles. The third kappa shape index (κ3) is 3.19. The molecule has 0 aliphatic heterocycles. The van der Waals surface area contributed by atoms with E-state index in [-0.39, 0.29) is 6.61 Å². The monoisotopic (exact) mass is 268 g/mol. The lowest BCUT2D eigenvalue weighted by Crippen LogP contribution is -2.23. The van der Waals surface area contributed by atoms with Crippen molar-refractivity contribution in [3.63, 3.8) is 0 Å². The van der Waals surface area contributed by atoms with E-state index in [1.165, 1.54) is 12.1 Å². The van der Waals surface area contributed by atoms with E-state index in [2.05, 4.69) is 0 Å². The molecular formula is C10H11F3O3S. The van der Waals surface area contributed by atoms with E-state index in [1.54, 1.807) is 0 Å². The van der Waals surface area contributed by atoms with Gasteiger partial charge in [0.2, 0.25) is 0 Å². The van der Waals surface area contributed by atoms with E-state index >= 15 is 0 Å². The molecule has 96 valence electrons. The van der Waals surface area contributed by atoms with Crippen molar-refractivity contribution in [3.8, 4) is 0 Å². The zero-order chi connectivity index (χ0) is 13.1. The molecule has 1 aromatic carbocycles. The average molecular weight is 268 g/mol. The fourth-order valence-electron chi connectivity index (χ4n) is 1.25. The van der Waals surface area contributed by atoms with Crippen molar-refractivity contribution in [2.75, 3.05) is 6.61 Å². The van der Waals surface area contributed by atoms with Gasteiger partial charge in [-0.25, -0.2) is 8.42 Å². The molecule has 7 heteroatoms. The zero-order valence-electron chi connectivity index (χ0n) is 8.74. The minimum atomic E-state index is -5.28. The standard InChI is InChI=1S/C10H11F3O3S/c11-10(12,13)17(15,16)9-5-3-8(4-6-9)2-1-7-14/h3-6,14H,1-2,7H2. The maximum Gasteiger partial charge on any atom is 0.501 e. The van der Waals surface area contributed by atoms with Crippen LogP contribution in [0.5, 0.6) is 0 Å². The summed E-state index contributed by atoms with van der Waals surface area (Å²) < 4.78 is 58.6. The Bertz CT molecular complexity index is 463. The van der Waals surface area contributed by atoms with Gasteiger partial charge in [0.25, 0.3) is 9.84 Å². The van der Waals surface area contributed by atoms with Crippen molar-refractivity contribution in [2.24, 2.45) is 0 Å².